The van der Waals surface area contributed by atoms with E-state index in [1.165, 1.54) is 5.57 Å². The van der Waals surface area contributed by atoms with Gasteiger partial charge in [-0.15, -0.1) is 0 Å². The molecule has 0 aromatic heterocycles. The topological polar surface area (TPSA) is 51.2 Å². The van der Waals surface area contributed by atoms with Crippen LogP contribution in [0.5, 0.6) is 17.2 Å². The molecule has 1 saturated heterocycles. The van der Waals surface area contributed by atoms with Crippen molar-refractivity contribution >= 4 is 17.7 Å². The minimum Gasteiger partial charge on any atom is -0.507 e. The van der Waals surface area contributed by atoms with Crippen LogP contribution in [0.3, 0.4) is 0 Å². The third kappa shape index (κ3) is 3.83. The average Bonchev–Trinajstić information content (AvgIpc) is 3.00. The SMILES string of the molecule is CN(C)CCOc1ccc(-c2c(O)c3c(c4c2=CCCO4)C=CC=C2CCOCC=32)cc1. The van der Waals surface area contributed by atoms with Crippen molar-refractivity contribution in [2.75, 3.05) is 47.1 Å². The number of aromatic hydroxyl groups is 1. The first-order valence-electron chi connectivity index (χ1n) is 11.2. The number of rotatable bonds is 5. The van der Waals surface area contributed by atoms with Gasteiger partial charge in [-0.25, -0.2) is 0 Å². The number of fused-ring (bicyclic) bond motifs is 4. The van der Waals surface area contributed by atoms with E-state index in [-0.39, 0.29) is 0 Å². The van der Waals surface area contributed by atoms with Gasteiger partial charge in [-0.2, -0.15) is 0 Å². The molecule has 0 atom stereocenters. The number of benzene rings is 2. The molecule has 5 nitrogen and oxygen atoms in total. The molecule has 1 N–H and O–H groups in total. The van der Waals surface area contributed by atoms with E-state index in [4.69, 9.17) is 14.2 Å². The van der Waals surface area contributed by atoms with Crippen LogP contribution in [0.15, 0.2) is 42.0 Å². The Bertz CT molecular complexity index is 1210. The summed E-state index contributed by atoms with van der Waals surface area (Å²) in [5.74, 6) is 1.95. The lowest BCUT2D eigenvalue weighted by Crippen LogP contribution is -2.28. The van der Waals surface area contributed by atoms with Gasteiger partial charge in [0.1, 0.15) is 23.9 Å². The van der Waals surface area contributed by atoms with Crippen molar-refractivity contribution < 1.29 is 19.3 Å². The molecule has 0 saturated carbocycles. The summed E-state index contributed by atoms with van der Waals surface area (Å²) in [4.78, 5) is 2.09. The Labute approximate surface area is 188 Å². The van der Waals surface area contributed by atoms with Crippen molar-refractivity contribution in [3.8, 4) is 28.4 Å². The third-order valence-electron chi connectivity index (χ3n) is 6.18. The van der Waals surface area contributed by atoms with Crippen LogP contribution < -0.4 is 19.9 Å². The molecule has 0 radical (unpaired) electrons. The highest BCUT2D eigenvalue weighted by atomic mass is 16.5. The fourth-order valence-electron chi connectivity index (χ4n) is 4.56. The highest BCUT2D eigenvalue weighted by Gasteiger charge is 2.24. The molecule has 1 aliphatic carbocycles. The summed E-state index contributed by atoms with van der Waals surface area (Å²) in [6.07, 6.45) is 10.1. The van der Waals surface area contributed by atoms with Crippen molar-refractivity contribution in [1.29, 1.82) is 0 Å². The van der Waals surface area contributed by atoms with Gasteiger partial charge in [0.15, 0.2) is 0 Å². The molecule has 1 fully saturated rings. The molecule has 5 rings (SSSR count). The Hall–Kier alpha value is -3.02. The van der Waals surface area contributed by atoms with E-state index in [9.17, 15) is 5.11 Å². The van der Waals surface area contributed by atoms with Gasteiger partial charge < -0.3 is 24.2 Å². The highest BCUT2D eigenvalue weighted by Crippen LogP contribution is 2.34. The highest BCUT2D eigenvalue weighted by molar-refractivity contribution is 5.84. The van der Waals surface area contributed by atoms with Crippen LogP contribution in [0, 0.1) is 0 Å². The maximum atomic E-state index is 11.6. The summed E-state index contributed by atoms with van der Waals surface area (Å²) < 4.78 is 17.8. The van der Waals surface area contributed by atoms with E-state index in [2.05, 4.69) is 29.2 Å². The normalized spacial score (nSPS) is 16.8. The number of ether oxygens (including phenoxy) is 3. The van der Waals surface area contributed by atoms with Crippen molar-refractivity contribution in [3.63, 3.8) is 0 Å². The monoisotopic (exact) mass is 431 g/mol. The minimum absolute atomic E-state index is 0.291. The van der Waals surface area contributed by atoms with Gasteiger partial charge in [0.2, 0.25) is 0 Å². The van der Waals surface area contributed by atoms with Crippen LogP contribution in [-0.2, 0) is 4.74 Å². The van der Waals surface area contributed by atoms with Gasteiger partial charge in [-0.3, -0.25) is 0 Å². The van der Waals surface area contributed by atoms with Crippen molar-refractivity contribution in [3.05, 3.63) is 58.0 Å². The van der Waals surface area contributed by atoms with Gasteiger partial charge in [-0.05, 0) is 49.4 Å². The number of phenols is 1. The molecule has 5 heteroatoms. The van der Waals surface area contributed by atoms with Crippen LogP contribution in [-0.4, -0.2) is 57.1 Å². The molecule has 3 aliphatic rings. The fourth-order valence-corrected chi connectivity index (χ4v) is 4.56. The summed E-state index contributed by atoms with van der Waals surface area (Å²) in [5, 5.41) is 13.4. The molecule has 32 heavy (non-hydrogen) atoms. The first-order valence-corrected chi connectivity index (χ1v) is 11.2. The van der Waals surface area contributed by atoms with Gasteiger partial charge in [-0.1, -0.05) is 36.4 Å². The number of nitrogens with zero attached hydrogens (tertiary/aromatic N) is 1. The Kier molecular flexibility index (Phi) is 5.77. The average molecular weight is 432 g/mol. The van der Waals surface area contributed by atoms with Gasteiger partial charge in [0.25, 0.3) is 0 Å². The van der Waals surface area contributed by atoms with Crippen LogP contribution in [0.25, 0.3) is 28.9 Å². The molecular formula is C27H29NO4. The quantitative estimate of drug-likeness (QED) is 0.789. The second-order valence-corrected chi connectivity index (χ2v) is 8.60. The molecular weight excluding hydrogens is 402 g/mol. The lowest BCUT2D eigenvalue weighted by molar-refractivity contribution is 0.159. The van der Waals surface area contributed by atoms with Crippen LogP contribution in [0.2, 0.25) is 0 Å². The minimum atomic E-state index is 0.291. The van der Waals surface area contributed by atoms with Crippen LogP contribution >= 0.6 is 0 Å². The Morgan fingerprint density at radius 2 is 1.97 bits per heavy atom. The molecule has 0 spiro atoms. The molecule has 2 heterocycles. The van der Waals surface area contributed by atoms with E-state index in [0.717, 1.165) is 63.6 Å². The number of allylic oxidation sites excluding steroid dienone is 2. The number of phenolic OH excluding ortho intramolecular Hbond substituents is 1. The second-order valence-electron chi connectivity index (χ2n) is 8.60. The summed E-state index contributed by atoms with van der Waals surface area (Å²) in [7, 11) is 4.06. The van der Waals surface area contributed by atoms with Gasteiger partial charge in [0.05, 0.1) is 19.8 Å². The van der Waals surface area contributed by atoms with E-state index in [1.54, 1.807) is 0 Å². The van der Waals surface area contributed by atoms with E-state index >= 15 is 0 Å². The fraction of sp³-hybridized carbons (Fsp3) is 0.333. The molecule has 2 aliphatic heterocycles. The zero-order chi connectivity index (χ0) is 22.1. The third-order valence-corrected chi connectivity index (χ3v) is 6.18. The number of hydrogen-bond acceptors (Lipinski definition) is 5. The first-order chi connectivity index (χ1) is 15.6. The summed E-state index contributed by atoms with van der Waals surface area (Å²) in [6.45, 7) is 3.33. The van der Waals surface area contributed by atoms with Crippen molar-refractivity contribution in [1.82, 2.24) is 4.90 Å². The number of likely N-dealkylation sites (N-methyl/N-ethyl adjacent to an activating group) is 1. The molecule has 0 amide bonds. The molecule has 0 unspecified atom stereocenters. The molecule has 2 aromatic rings. The molecule has 166 valence electrons. The summed E-state index contributed by atoms with van der Waals surface area (Å²) in [5.41, 5.74) is 4.96. The van der Waals surface area contributed by atoms with E-state index in [0.29, 0.717) is 32.2 Å². The van der Waals surface area contributed by atoms with Crippen LogP contribution in [0.4, 0.5) is 0 Å². The van der Waals surface area contributed by atoms with E-state index in [1.807, 2.05) is 38.4 Å². The predicted molar refractivity (Wildman–Crippen MR) is 127 cm³/mol. The first kappa shape index (κ1) is 20.9. The van der Waals surface area contributed by atoms with Crippen LogP contribution in [0.1, 0.15) is 18.4 Å². The van der Waals surface area contributed by atoms with Gasteiger partial charge in [0, 0.05) is 34.5 Å². The second kappa shape index (κ2) is 8.85. The van der Waals surface area contributed by atoms with Crippen molar-refractivity contribution in [2.45, 2.75) is 12.8 Å². The molecule has 0 bridgehead atoms. The zero-order valence-electron chi connectivity index (χ0n) is 18.7. The Morgan fingerprint density at radius 1 is 1.12 bits per heavy atom. The molecule has 2 aromatic carbocycles. The lowest BCUT2D eigenvalue weighted by atomic mass is 9.91. The van der Waals surface area contributed by atoms with Gasteiger partial charge >= 0.3 is 0 Å². The lowest BCUT2D eigenvalue weighted by Gasteiger charge is -2.23. The smallest absolute Gasteiger partial charge is 0.134 e. The Morgan fingerprint density at radius 3 is 2.78 bits per heavy atom. The van der Waals surface area contributed by atoms with Crippen molar-refractivity contribution in [2.24, 2.45) is 0 Å². The summed E-state index contributed by atoms with van der Waals surface area (Å²) >= 11 is 0. The standard InChI is InChI=1S/C27H29NO4/c1-28(2)13-16-31-20-10-8-19(9-11-20)24-21-7-4-14-32-27(21)22-6-3-5-18-12-15-30-17-23(18)25(22)26(24)29/h3,5-11,29H,4,12-17H2,1-2H3. The maximum Gasteiger partial charge on any atom is 0.134 e. The maximum absolute atomic E-state index is 11.6. The van der Waals surface area contributed by atoms with E-state index < -0.39 is 0 Å². The number of hydrogen-bond donors (Lipinski definition) is 1. The Balaban J connectivity index is 1.66. The zero-order valence-corrected chi connectivity index (χ0v) is 18.7. The predicted octanol–water partition coefficient (Wildman–Crippen LogP) is 3.09. The largest absolute Gasteiger partial charge is 0.507 e. The summed E-state index contributed by atoms with van der Waals surface area (Å²) in [6, 6.07) is 7.96.